The van der Waals surface area contributed by atoms with E-state index in [0.717, 1.165) is 24.0 Å². The summed E-state index contributed by atoms with van der Waals surface area (Å²) in [6.45, 7) is 5.92. The van der Waals surface area contributed by atoms with Gasteiger partial charge in [0.1, 0.15) is 11.3 Å². The lowest BCUT2D eigenvalue weighted by Gasteiger charge is -2.41. The lowest BCUT2D eigenvalue weighted by Crippen LogP contribution is -2.45. The van der Waals surface area contributed by atoms with E-state index >= 15 is 0 Å². The average Bonchev–Trinajstić information content (AvgIpc) is 2.84. The number of anilines is 1. The van der Waals surface area contributed by atoms with Gasteiger partial charge in [0.15, 0.2) is 0 Å². The van der Waals surface area contributed by atoms with Crippen molar-refractivity contribution in [3.8, 4) is 11.3 Å². The monoisotopic (exact) mass is 508 g/mol. The number of nitrogens with zero attached hydrogens (tertiary/aromatic N) is 2. The predicted octanol–water partition coefficient (Wildman–Crippen LogP) is 5.72. The number of hydrogen-bond acceptors (Lipinski definition) is 5. The Morgan fingerprint density at radius 2 is 1.83 bits per heavy atom. The average molecular weight is 509 g/mol. The number of halogens is 1. The quantitative estimate of drug-likeness (QED) is 0.459. The molecule has 1 saturated carbocycles. The number of ether oxygens (including phenoxy) is 1. The summed E-state index contributed by atoms with van der Waals surface area (Å²) in [6, 6.07) is 19.0. The molecular weight excluding hydrogens is 476 g/mol. The molecule has 190 valence electrons. The molecule has 0 spiro atoms. The van der Waals surface area contributed by atoms with Gasteiger partial charge in [0.05, 0.1) is 11.7 Å². The zero-order chi connectivity index (χ0) is 25.9. The number of carbonyl (C=O) groups is 1. The van der Waals surface area contributed by atoms with Gasteiger partial charge < -0.3 is 15.8 Å². The maximum absolute atomic E-state index is 13.0. The van der Waals surface area contributed by atoms with Crippen LogP contribution in [0.25, 0.3) is 11.3 Å². The molecule has 0 unspecified atom stereocenters. The molecule has 0 atom stereocenters. The fourth-order valence-electron chi connectivity index (χ4n) is 4.87. The molecule has 1 aliphatic carbocycles. The number of hydrogen-bond donors (Lipinski definition) is 2. The van der Waals surface area contributed by atoms with E-state index in [2.05, 4.69) is 10.4 Å². The van der Waals surface area contributed by atoms with Crippen molar-refractivity contribution < 1.29 is 9.53 Å². The van der Waals surface area contributed by atoms with Crippen LogP contribution in [-0.2, 0) is 10.2 Å². The molecule has 3 aromatic rings. The number of benzene rings is 2. The molecule has 4 rings (SSSR count). The fraction of sp³-hybridized carbons (Fsp3) is 0.393. The van der Waals surface area contributed by atoms with E-state index in [-0.39, 0.29) is 22.7 Å². The highest BCUT2D eigenvalue weighted by Gasteiger charge is 2.39. The number of nitrogens with one attached hydrogen (secondary N) is 1. The Morgan fingerprint density at radius 3 is 2.47 bits per heavy atom. The number of amides is 1. The molecular formula is C28H33ClN4O3. The predicted molar refractivity (Wildman–Crippen MR) is 143 cm³/mol. The molecule has 1 fully saturated rings. The van der Waals surface area contributed by atoms with Crippen molar-refractivity contribution in [1.82, 2.24) is 15.1 Å². The first kappa shape index (κ1) is 25.8. The van der Waals surface area contributed by atoms with Crippen LogP contribution in [0.4, 0.5) is 10.5 Å². The van der Waals surface area contributed by atoms with E-state index in [1.807, 2.05) is 75.4 Å². The van der Waals surface area contributed by atoms with Gasteiger partial charge in [0, 0.05) is 22.5 Å². The molecule has 3 N–H and O–H groups in total. The highest BCUT2D eigenvalue weighted by atomic mass is 35.5. The SMILES string of the molecule is CC(C)(C)OC(=O)NC[C@]1(c2cccc(Cl)c2)CC[C@H](n2nc(-c3ccccc3)cc(N)c2=O)CC1. The first-order valence-corrected chi connectivity index (χ1v) is 12.6. The van der Waals surface area contributed by atoms with E-state index in [9.17, 15) is 9.59 Å². The third-order valence-electron chi connectivity index (χ3n) is 6.70. The zero-order valence-electron chi connectivity index (χ0n) is 21.0. The molecule has 0 bridgehead atoms. The van der Waals surface area contributed by atoms with Gasteiger partial charge in [-0.1, -0.05) is 54.1 Å². The first-order valence-electron chi connectivity index (χ1n) is 12.2. The summed E-state index contributed by atoms with van der Waals surface area (Å²) in [5.74, 6) is 0. The Hall–Kier alpha value is -3.32. The Morgan fingerprint density at radius 1 is 1.14 bits per heavy atom. The van der Waals surface area contributed by atoms with Crippen LogP contribution in [0, 0.1) is 0 Å². The van der Waals surface area contributed by atoms with Crippen LogP contribution in [-0.4, -0.2) is 28.0 Å². The second-order valence-corrected chi connectivity index (χ2v) is 10.9. The zero-order valence-corrected chi connectivity index (χ0v) is 21.7. The highest BCUT2D eigenvalue weighted by molar-refractivity contribution is 6.30. The fourth-order valence-corrected chi connectivity index (χ4v) is 5.06. The number of alkyl carbamates (subject to hydrolysis) is 1. The minimum Gasteiger partial charge on any atom is -0.444 e. The molecule has 1 aromatic heterocycles. The van der Waals surface area contributed by atoms with Crippen LogP contribution >= 0.6 is 11.6 Å². The van der Waals surface area contributed by atoms with Crippen LogP contribution in [0.3, 0.4) is 0 Å². The number of nitrogen functional groups attached to an aromatic ring is 1. The van der Waals surface area contributed by atoms with Crippen LogP contribution < -0.4 is 16.6 Å². The molecule has 2 aromatic carbocycles. The van der Waals surface area contributed by atoms with Crippen molar-refractivity contribution >= 4 is 23.4 Å². The molecule has 1 heterocycles. The van der Waals surface area contributed by atoms with Gasteiger partial charge in [-0.05, 0) is 70.2 Å². The van der Waals surface area contributed by atoms with Gasteiger partial charge in [0.2, 0.25) is 0 Å². The highest BCUT2D eigenvalue weighted by Crippen LogP contribution is 2.43. The van der Waals surface area contributed by atoms with Crippen LogP contribution in [0.2, 0.25) is 5.02 Å². The number of aromatic nitrogens is 2. The summed E-state index contributed by atoms with van der Waals surface area (Å²) in [7, 11) is 0. The van der Waals surface area contributed by atoms with Gasteiger partial charge in [-0.3, -0.25) is 4.79 Å². The maximum Gasteiger partial charge on any atom is 0.407 e. The second-order valence-electron chi connectivity index (χ2n) is 10.5. The Labute approximate surface area is 216 Å². The van der Waals surface area contributed by atoms with Gasteiger partial charge in [0.25, 0.3) is 5.56 Å². The minimum absolute atomic E-state index is 0.0997. The topological polar surface area (TPSA) is 99.2 Å². The lowest BCUT2D eigenvalue weighted by molar-refractivity contribution is 0.0504. The molecule has 0 aliphatic heterocycles. The van der Waals surface area contributed by atoms with Crippen LogP contribution in [0.1, 0.15) is 58.1 Å². The molecule has 7 nitrogen and oxygen atoms in total. The number of carbonyl (C=O) groups excluding carboxylic acids is 1. The third-order valence-corrected chi connectivity index (χ3v) is 6.93. The van der Waals surface area contributed by atoms with Crippen molar-refractivity contribution in [2.45, 2.75) is 63.5 Å². The molecule has 0 radical (unpaired) electrons. The summed E-state index contributed by atoms with van der Waals surface area (Å²) in [5.41, 5.74) is 7.73. The van der Waals surface area contributed by atoms with Crippen molar-refractivity contribution in [2.24, 2.45) is 0 Å². The molecule has 36 heavy (non-hydrogen) atoms. The molecule has 0 saturated heterocycles. The van der Waals surface area contributed by atoms with Gasteiger partial charge >= 0.3 is 6.09 Å². The minimum atomic E-state index is -0.582. The van der Waals surface area contributed by atoms with E-state index < -0.39 is 11.7 Å². The van der Waals surface area contributed by atoms with Gasteiger partial charge in [-0.15, -0.1) is 0 Å². The summed E-state index contributed by atoms with van der Waals surface area (Å²) in [6.07, 6.45) is 2.42. The summed E-state index contributed by atoms with van der Waals surface area (Å²) in [5, 5.41) is 8.30. The molecule has 1 amide bonds. The first-order chi connectivity index (χ1) is 17.1. The van der Waals surface area contributed by atoms with Gasteiger partial charge in [-0.25, -0.2) is 9.48 Å². The summed E-state index contributed by atoms with van der Waals surface area (Å²) < 4.78 is 7.01. The second kappa shape index (κ2) is 10.3. The number of nitrogens with two attached hydrogens (primary N) is 1. The molecule has 8 heteroatoms. The Balaban J connectivity index is 1.59. The molecule has 1 aliphatic rings. The summed E-state index contributed by atoms with van der Waals surface area (Å²) >= 11 is 6.33. The van der Waals surface area contributed by atoms with E-state index in [4.69, 9.17) is 22.1 Å². The Kier molecular flexibility index (Phi) is 7.41. The van der Waals surface area contributed by atoms with E-state index in [1.165, 1.54) is 0 Å². The van der Waals surface area contributed by atoms with Crippen molar-refractivity contribution in [3.05, 3.63) is 81.6 Å². The van der Waals surface area contributed by atoms with E-state index in [1.54, 1.807) is 10.7 Å². The number of rotatable bonds is 5. The van der Waals surface area contributed by atoms with Crippen molar-refractivity contribution in [2.75, 3.05) is 12.3 Å². The lowest BCUT2D eigenvalue weighted by atomic mass is 9.68. The van der Waals surface area contributed by atoms with Crippen LogP contribution in [0.5, 0.6) is 0 Å². The van der Waals surface area contributed by atoms with Crippen molar-refractivity contribution in [3.63, 3.8) is 0 Å². The summed E-state index contributed by atoms with van der Waals surface area (Å²) in [4.78, 5) is 25.4. The van der Waals surface area contributed by atoms with Gasteiger partial charge in [-0.2, -0.15) is 5.10 Å². The maximum atomic E-state index is 13.0. The smallest absolute Gasteiger partial charge is 0.407 e. The third kappa shape index (κ3) is 5.90. The van der Waals surface area contributed by atoms with E-state index in [0.29, 0.717) is 30.1 Å². The van der Waals surface area contributed by atoms with Crippen molar-refractivity contribution in [1.29, 1.82) is 0 Å². The normalized spacial score (nSPS) is 20.1. The largest absolute Gasteiger partial charge is 0.444 e. The standard InChI is InChI=1S/C28H33ClN4O3/c1-27(2,3)36-26(35)31-18-28(20-10-7-11-21(29)16-20)14-12-22(13-15-28)33-25(34)23(30)17-24(32-33)19-8-5-4-6-9-19/h4-11,16-17,22H,12-15,18,30H2,1-3H3,(H,31,35)/t22-,28-. The van der Waals surface area contributed by atoms with Crippen LogP contribution in [0.15, 0.2) is 65.5 Å². The Bertz CT molecular complexity index is 1280.